The number of rotatable bonds is 6. The molecule has 2 rings (SSSR count). The third-order valence-electron chi connectivity index (χ3n) is 3.56. The molecule has 1 aliphatic rings. The minimum absolute atomic E-state index is 0.724. The van der Waals surface area contributed by atoms with Crippen LogP contribution in [0.25, 0.3) is 0 Å². The standard InChI is InChI=1S/C15H25N3/c1-13(12-18-7-3-4-8-18)9-16-10-15-6-5-14(2)17-11-15/h5-6,11,13,16H,3-4,7-10,12H2,1-2H3. The van der Waals surface area contributed by atoms with Crippen LogP contribution in [0.1, 0.15) is 31.0 Å². The highest BCUT2D eigenvalue weighted by Crippen LogP contribution is 2.09. The van der Waals surface area contributed by atoms with Gasteiger partial charge in [0, 0.05) is 25.0 Å². The van der Waals surface area contributed by atoms with E-state index < -0.39 is 0 Å². The van der Waals surface area contributed by atoms with Crippen molar-refractivity contribution in [1.82, 2.24) is 15.2 Å². The van der Waals surface area contributed by atoms with E-state index in [0.29, 0.717) is 0 Å². The number of hydrogen-bond donors (Lipinski definition) is 1. The summed E-state index contributed by atoms with van der Waals surface area (Å²) in [7, 11) is 0. The van der Waals surface area contributed by atoms with Gasteiger partial charge in [-0.3, -0.25) is 4.98 Å². The Morgan fingerprint density at radius 3 is 2.78 bits per heavy atom. The molecule has 0 amide bonds. The number of pyridine rings is 1. The zero-order valence-corrected chi connectivity index (χ0v) is 11.7. The summed E-state index contributed by atoms with van der Waals surface area (Å²) >= 11 is 0. The van der Waals surface area contributed by atoms with Gasteiger partial charge in [0.15, 0.2) is 0 Å². The van der Waals surface area contributed by atoms with Gasteiger partial charge in [-0.25, -0.2) is 0 Å². The lowest BCUT2D eigenvalue weighted by atomic mass is 10.1. The first kappa shape index (κ1) is 13.5. The minimum atomic E-state index is 0.724. The number of likely N-dealkylation sites (tertiary alicyclic amines) is 1. The van der Waals surface area contributed by atoms with E-state index in [0.717, 1.165) is 24.7 Å². The van der Waals surface area contributed by atoms with Crippen molar-refractivity contribution in [2.24, 2.45) is 5.92 Å². The first-order valence-electron chi connectivity index (χ1n) is 7.08. The fourth-order valence-electron chi connectivity index (χ4n) is 2.54. The second-order valence-electron chi connectivity index (χ2n) is 5.55. The van der Waals surface area contributed by atoms with Crippen molar-refractivity contribution < 1.29 is 0 Å². The molecule has 1 unspecified atom stereocenters. The normalized spacial score (nSPS) is 18.1. The Balaban J connectivity index is 1.63. The molecule has 3 heteroatoms. The molecular formula is C15H25N3. The highest BCUT2D eigenvalue weighted by molar-refractivity contribution is 5.12. The third kappa shape index (κ3) is 4.39. The number of hydrogen-bond acceptors (Lipinski definition) is 3. The van der Waals surface area contributed by atoms with Crippen molar-refractivity contribution in [3.8, 4) is 0 Å². The van der Waals surface area contributed by atoms with Gasteiger partial charge in [-0.15, -0.1) is 0 Å². The van der Waals surface area contributed by atoms with Gasteiger partial charge in [-0.1, -0.05) is 13.0 Å². The zero-order valence-electron chi connectivity index (χ0n) is 11.7. The maximum Gasteiger partial charge on any atom is 0.0372 e. The molecule has 0 radical (unpaired) electrons. The molecule has 1 aliphatic heterocycles. The average molecular weight is 247 g/mol. The van der Waals surface area contributed by atoms with Crippen LogP contribution in [0.2, 0.25) is 0 Å². The Hall–Kier alpha value is -0.930. The molecule has 1 fully saturated rings. The van der Waals surface area contributed by atoms with E-state index in [2.05, 4.69) is 34.3 Å². The van der Waals surface area contributed by atoms with E-state index in [1.165, 1.54) is 38.0 Å². The van der Waals surface area contributed by atoms with Gasteiger partial charge in [0.05, 0.1) is 0 Å². The van der Waals surface area contributed by atoms with Crippen LogP contribution >= 0.6 is 0 Å². The minimum Gasteiger partial charge on any atom is -0.312 e. The van der Waals surface area contributed by atoms with Gasteiger partial charge in [-0.05, 0) is 56.9 Å². The largest absolute Gasteiger partial charge is 0.312 e. The van der Waals surface area contributed by atoms with Crippen molar-refractivity contribution in [2.75, 3.05) is 26.2 Å². The molecule has 0 aromatic carbocycles. The lowest BCUT2D eigenvalue weighted by molar-refractivity contribution is 0.282. The van der Waals surface area contributed by atoms with Gasteiger partial charge >= 0.3 is 0 Å². The summed E-state index contributed by atoms with van der Waals surface area (Å²) in [6.45, 7) is 10.2. The van der Waals surface area contributed by atoms with Gasteiger partial charge < -0.3 is 10.2 Å². The summed E-state index contributed by atoms with van der Waals surface area (Å²) in [6.07, 6.45) is 4.73. The lowest BCUT2D eigenvalue weighted by Crippen LogP contribution is -2.31. The smallest absolute Gasteiger partial charge is 0.0372 e. The molecule has 0 aliphatic carbocycles. The van der Waals surface area contributed by atoms with Crippen LogP contribution in [-0.2, 0) is 6.54 Å². The van der Waals surface area contributed by atoms with Gasteiger partial charge in [0.2, 0.25) is 0 Å². The Labute approximate surface area is 111 Å². The summed E-state index contributed by atoms with van der Waals surface area (Å²) in [4.78, 5) is 6.89. The molecule has 1 aromatic rings. The maximum atomic E-state index is 4.31. The molecule has 1 aromatic heterocycles. The molecule has 1 atom stereocenters. The van der Waals surface area contributed by atoms with Crippen molar-refractivity contribution in [3.05, 3.63) is 29.6 Å². The van der Waals surface area contributed by atoms with Crippen LogP contribution in [0, 0.1) is 12.8 Å². The van der Waals surface area contributed by atoms with Crippen molar-refractivity contribution in [2.45, 2.75) is 33.2 Å². The molecule has 2 heterocycles. The number of aryl methyl sites for hydroxylation is 1. The Morgan fingerprint density at radius 2 is 2.11 bits per heavy atom. The summed E-state index contributed by atoms with van der Waals surface area (Å²) in [5.74, 6) is 0.724. The monoisotopic (exact) mass is 247 g/mol. The van der Waals surface area contributed by atoms with Crippen LogP contribution in [0.4, 0.5) is 0 Å². The van der Waals surface area contributed by atoms with Gasteiger partial charge in [-0.2, -0.15) is 0 Å². The molecule has 0 spiro atoms. The van der Waals surface area contributed by atoms with Gasteiger partial charge in [0.25, 0.3) is 0 Å². The molecule has 0 saturated carbocycles. The van der Waals surface area contributed by atoms with Crippen molar-refractivity contribution >= 4 is 0 Å². The Kier molecular flexibility index (Phi) is 5.14. The van der Waals surface area contributed by atoms with E-state index in [4.69, 9.17) is 0 Å². The average Bonchev–Trinajstić information content (AvgIpc) is 2.84. The van der Waals surface area contributed by atoms with Crippen LogP contribution in [0.15, 0.2) is 18.3 Å². The fraction of sp³-hybridized carbons (Fsp3) is 0.667. The molecule has 0 bridgehead atoms. The van der Waals surface area contributed by atoms with E-state index >= 15 is 0 Å². The molecule has 18 heavy (non-hydrogen) atoms. The fourth-order valence-corrected chi connectivity index (χ4v) is 2.54. The summed E-state index contributed by atoms with van der Waals surface area (Å²) in [6, 6.07) is 4.23. The topological polar surface area (TPSA) is 28.2 Å². The van der Waals surface area contributed by atoms with Crippen molar-refractivity contribution in [1.29, 1.82) is 0 Å². The second kappa shape index (κ2) is 6.86. The quantitative estimate of drug-likeness (QED) is 0.835. The van der Waals surface area contributed by atoms with Crippen LogP contribution in [-0.4, -0.2) is 36.1 Å². The lowest BCUT2D eigenvalue weighted by Gasteiger charge is -2.20. The highest BCUT2D eigenvalue weighted by atomic mass is 15.1. The number of nitrogens with one attached hydrogen (secondary N) is 1. The second-order valence-corrected chi connectivity index (χ2v) is 5.55. The van der Waals surface area contributed by atoms with Crippen LogP contribution < -0.4 is 5.32 Å². The molecule has 1 saturated heterocycles. The third-order valence-corrected chi connectivity index (χ3v) is 3.56. The predicted molar refractivity (Wildman–Crippen MR) is 75.5 cm³/mol. The first-order chi connectivity index (χ1) is 8.74. The Bertz CT molecular complexity index is 341. The Morgan fingerprint density at radius 1 is 1.33 bits per heavy atom. The van der Waals surface area contributed by atoms with E-state index in [9.17, 15) is 0 Å². The maximum absolute atomic E-state index is 4.31. The predicted octanol–water partition coefficient (Wildman–Crippen LogP) is 2.21. The summed E-state index contributed by atoms with van der Waals surface area (Å²) in [5.41, 5.74) is 2.36. The van der Waals surface area contributed by atoms with E-state index in [1.807, 2.05) is 13.1 Å². The molecule has 100 valence electrons. The number of nitrogens with zero attached hydrogens (tertiary/aromatic N) is 2. The molecular weight excluding hydrogens is 222 g/mol. The van der Waals surface area contributed by atoms with Crippen molar-refractivity contribution in [3.63, 3.8) is 0 Å². The van der Waals surface area contributed by atoms with Gasteiger partial charge in [0.1, 0.15) is 0 Å². The first-order valence-corrected chi connectivity index (χ1v) is 7.08. The van der Waals surface area contributed by atoms with E-state index in [-0.39, 0.29) is 0 Å². The summed E-state index contributed by atoms with van der Waals surface area (Å²) in [5, 5.41) is 3.53. The number of aromatic nitrogens is 1. The summed E-state index contributed by atoms with van der Waals surface area (Å²) < 4.78 is 0. The highest BCUT2D eigenvalue weighted by Gasteiger charge is 2.14. The molecule has 3 nitrogen and oxygen atoms in total. The van der Waals surface area contributed by atoms with E-state index in [1.54, 1.807) is 0 Å². The van der Waals surface area contributed by atoms with Crippen LogP contribution in [0.3, 0.4) is 0 Å². The molecule has 1 N–H and O–H groups in total. The van der Waals surface area contributed by atoms with Crippen LogP contribution in [0.5, 0.6) is 0 Å². The SMILES string of the molecule is Cc1ccc(CNCC(C)CN2CCCC2)cn1. The zero-order chi connectivity index (χ0) is 12.8.